The van der Waals surface area contributed by atoms with Gasteiger partial charge in [0, 0.05) is 28.7 Å². The van der Waals surface area contributed by atoms with Crippen molar-refractivity contribution in [2.75, 3.05) is 17.4 Å². The number of hydrogen-bond donors (Lipinski definition) is 1. The van der Waals surface area contributed by atoms with Crippen molar-refractivity contribution < 1.29 is 22.4 Å². The number of nitrogens with zero attached hydrogens (tertiary/aromatic N) is 2. The van der Waals surface area contributed by atoms with E-state index in [0.29, 0.717) is 28.6 Å². The molecule has 3 aromatic rings. The van der Waals surface area contributed by atoms with Crippen molar-refractivity contribution in [1.29, 1.82) is 0 Å². The van der Waals surface area contributed by atoms with Gasteiger partial charge in [0.1, 0.15) is 18.4 Å². The van der Waals surface area contributed by atoms with E-state index in [1.54, 1.807) is 37.3 Å². The largest absolute Gasteiger partial charge is 0.354 e. The van der Waals surface area contributed by atoms with Gasteiger partial charge in [-0.15, -0.1) is 0 Å². The Kier molecular flexibility index (Phi) is 10.4. The number of anilines is 1. The number of carbonyl (C=O) groups is 2. The molecule has 39 heavy (non-hydrogen) atoms. The number of halogens is 3. The first-order valence-corrected chi connectivity index (χ1v) is 14.5. The smallest absolute Gasteiger partial charge is 0.264 e. The summed E-state index contributed by atoms with van der Waals surface area (Å²) in [4.78, 5) is 28.0. The number of rotatable bonds is 11. The van der Waals surface area contributed by atoms with Crippen molar-refractivity contribution in [2.24, 2.45) is 0 Å². The van der Waals surface area contributed by atoms with E-state index in [9.17, 15) is 22.4 Å². The lowest BCUT2D eigenvalue weighted by Crippen LogP contribution is -2.51. The molecule has 3 aromatic carbocycles. The normalized spacial score (nSPS) is 12.1. The molecule has 0 spiro atoms. The standard InChI is InChI=1S/C28H30Cl2FN3O4S/c1-4-16-32-28(36)20(3)33(17-24-25(29)6-5-7-26(24)30)27(35)18-34(22-12-10-21(31)11-13-22)39(37,38)23-14-8-19(2)9-15-23/h5-15,20H,4,16-18H2,1-3H3,(H,32,36). The van der Waals surface area contributed by atoms with Crippen LogP contribution in [0.1, 0.15) is 31.4 Å². The van der Waals surface area contributed by atoms with Crippen molar-refractivity contribution in [1.82, 2.24) is 10.2 Å². The highest BCUT2D eigenvalue weighted by Crippen LogP contribution is 2.28. The van der Waals surface area contributed by atoms with Crippen LogP contribution in [-0.4, -0.2) is 44.3 Å². The molecule has 11 heteroatoms. The van der Waals surface area contributed by atoms with Crippen molar-refractivity contribution in [3.05, 3.63) is 93.7 Å². The number of amides is 2. The van der Waals surface area contributed by atoms with Crippen molar-refractivity contribution in [2.45, 2.75) is 44.7 Å². The Balaban J connectivity index is 2.05. The quantitative estimate of drug-likeness (QED) is 0.314. The van der Waals surface area contributed by atoms with Gasteiger partial charge in [0.25, 0.3) is 10.0 Å². The maximum Gasteiger partial charge on any atom is 0.264 e. The zero-order valence-corrected chi connectivity index (χ0v) is 24.2. The lowest BCUT2D eigenvalue weighted by molar-refractivity contribution is -0.139. The Hall–Kier alpha value is -3.14. The predicted octanol–water partition coefficient (Wildman–Crippen LogP) is 5.58. The molecule has 0 aliphatic rings. The zero-order valence-electron chi connectivity index (χ0n) is 21.8. The minimum Gasteiger partial charge on any atom is -0.354 e. The summed E-state index contributed by atoms with van der Waals surface area (Å²) in [6.45, 7) is 4.87. The molecule has 1 N–H and O–H groups in total. The van der Waals surface area contributed by atoms with Crippen LogP contribution in [-0.2, 0) is 26.2 Å². The van der Waals surface area contributed by atoms with Crippen LogP contribution in [0.3, 0.4) is 0 Å². The van der Waals surface area contributed by atoms with Crippen molar-refractivity contribution in [3.8, 4) is 0 Å². The minimum atomic E-state index is -4.25. The van der Waals surface area contributed by atoms with Crippen LogP contribution < -0.4 is 9.62 Å². The van der Waals surface area contributed by atoms with Crippen LogP contribution in [0.4, 0.5) is 10.1 Å². The van der Waals surface area contributed by atoms with Gasteiger partial charge < -0.3 is 10.2 Å². The van der Waals surface area contributed by atoms with Crippen LogP contribution in [0.2, 0.25) is 10.0 Å². The van der Waals surface area contributed by atoms with E-state index in [4.69, 9.17) is 23.2 Å². The molecule has 0 saturated carbocycles. The highest BCUT2D eigenvalue weighted by molar-refractivity contribution is 7.92. The number of benzene rings is 3. The van der Waals surface area contributed by atoms with Crippen LogP contribution in [0.15, 0.2) is 71.6 Å². The molecule has 208 valence electrons. The summed E-state index contributed by atoms with van der Waals surface area (Å²) in [6.07, 6.45) is 0.690. The third kappa shape index (κ3) is 7.50. The first kappa shape index (κ1) is 30.4. The average Bonchev–Trinajstić information content (AvgIpc) is 2.90. The molecule has 0 radical (unpaired) electrons. The zero-order chi connectivity index (χ0) is 28.7. The number of nitrogens with one attached hydrogen (secondary N) is 1. The van der Waals surface area contributed by atoms with E-state index in [1.165, 1.54) is 29.2 Å². The van der Waals surface area contributed by atoms with E-state index < -0.39 is 40.2 Å². The van der Waals surface area contributed by atoms with E-state index in [1.807, 2.05) is 13.8 Å². The Morgan fingerprint density at radius 3 is 2.13 bits per heavy atom. The SMILES string of the molecule is CCCNC(=O)C(C)N(Cc1c(Cl)cccc1Cl)C(=O)CN(c1ccc(F)cc1)S(=O)(=O)c1ccc(C)cc1. The maximum atomic E-state index is 13.9. The van der Waals surface area contributed by atoms with Gasteiger partial charge in [-0.05, 0) is 68.8 Å². The second-order valence-corrected chi connectivity index (χ2v) is 11.7. The monoisotopic (exact) mass is 593 g/mol. The summed E-state index contributed by atoms with van der Waals surface area (Å²) in [7, 11) is -4.25. The van der Waals surface area contributed by atoms with Gasteiger partial charge in [0.2, 0.25) is 11.8 Å². The molecule has 0 saturated heterocycles. The molecule has 0 bridgehead atoms. The summed E-state index contributed by atoms with van der Waals surface area (Å²) in [6, 6.07) is 14.8. The fourth-order valence-electron chi connectivity index (χ4n) is 3.81. The molecule has 3 rings (SSSR count). The van der Waals surface area contributed by atoms with Gasteiger partial charge in [-0.25, -0.2) is 12.8 Å². The molecular weight excluding hydrogens is 564 g/mol. The van der Waals surface area contributed by atoms with Crippen molar-refractivity contribution in [3.63, 3.8) is 0 Å². The second-order valence-electron chi connectivity index (χ2n) is 8.99. The van der Waals surface area contributed by atoms with E-state index in [-0.39, 0.29) is 17.1 Å². The lowest BCUT2D eigenvalue weighted by atomic mass is 10.1. The molecular formula is C28H30Cl2FN3O4S. The summed E-state index contributed by atoms with van der Waals surface area (Å²) in [5.74, 6) is -1.65. The van der Waals surface area contributed by atoms with Gasteiger partial charge in [0.15, 0.2) is 0 Å². The van der Waals surface area contributed by atoms with E-state index in [2.05, 4.69) is 5.32 Å². The van der Waals surface area contributed by atoms with Crippen LogP contribution in [0, 0.1) is 12.7 Å². The minimum absolute atomic E-state index is 0.0420. The fraction of sp³-hybridized carbons (Fsp3) is 0.286. The second kappa shape index (κ2) is 13.3. The van der Waals surface area contributed by atoms with Gasteiger partial charge in [-0.3, -0.25) is 13.9 Å². The predicted molar refractivity (Wildman–Crippen MR) is 152 cm³/mol. The first-order valence-electron chi connectivity index (χ1n) is 12.3. The highest BCUT2D eigenvalue weighted by Gasteiger charge is 2.33. The molecule has 7 nitrogen and oxygen atoms in total. The highest BCUT2D eigenvalue weighted by atomic mass is 35.5. The molecule has 1 unspecified atom stereocenters. The Bertz CT molecular complexity index is 1400. The van der Waals surface area contributed by atoms with E-state index in [0.717, 1.165) is 22.0 Å². The van der Waals surface area contributed by atoms with Crippen LogP contribution in [0.5, 0.6) is 0 Å². The third-order valence-corrected chi connectivity index (χ3v) is 8.61. The molecule has 0 aliphatic heterocycles. The molecule has 2 amide bonds. The van der Waals surface area contributed by atoms with Crippen LogP contribution in [0.25, 0.3) is 0 Å². The first-order chi connectivity index (χ1) is 18.4. The summed E-state index contributed by atoms with van der Waals surface area (Å²) in [5.41, 5.74) is 1.36. The fourth-order valence-corrected chi connectivity index (χ4v) is 5.74. The molecule has 0 heterocycles. The van der Waals surface area contributed by atoms with Gasteiger partial charge in [0.05, 0.1) is 10.6 Å². The molecule has 1 atom stereocenters. The molecule has 0 aliphatic carbocycles. The van der Waals surface area contributed by atoms with Crippen molar-refractivity contribution >= 4 is 50.7 Å². The lowest BCUT2D eigenvalue weighted by Gasteiger charge is -2.32. The number of aryl methyl sites for hydroxylation is 1. The average molecular weight is 595 g/mol. The summed E-state index contributed by atoms with van der Waals surface area (Å²) >= 11 is 12.7. The van der Waals surface area contributed by atoms with Gasteiger partial charge in [-0.2, -0.15) is 0 Å². The Labute approximate surface area is 238 Å². The van der Waals surface area contributed by atoms with Gasteiger partial charge >= 0.3 is 0 Å². The molecule has 0 fully saturated rings. The summed E-state index contributed by atoms with van der Waals surface area (Å²) in [5, 5.41) is 3.35. The number of carbonyl (C=O) groups excluding carboxylic acids is 2. The van der Waals surface area contributed by atoms with Gasteiger partial charge in [-0.1, -0.05) is 53.9 Å². The Morgan fingerprint density at radius 1 is 0.974 bits per heavy atom. The van der Waals surface area contributed by atoms with Crippen LogP contribution >= 0.6 is 23.2 Å². The van der Waals surface area contributed by atoms with E-state index >= 15 is 0 Å². The number of hydrogen-bond acceptors (Lipinski definition) is 4. The molecule has 0 aromatic heterocycles. The Morgan fingerprint density at radius 2 is 1.56 bits per heavy atom. The number of sulfonamides is 1. The third-order valence-electron chi connectivity index (χ3n) is 6.11. The summed E-state index contributed by atoms with van der Waals surface area (Å²) < 4.78 is 42.1. The maximum absolute atomic E-state index is 13.9. The topological polar surface area (TPSA) is 86.8 Å².